The second-order valence-corrected chi connectivity index (χ2v) is 5.70. The first-order chi connectivity index (χ1) is 9.69. The number of amides is 4. The van der Waals surface area contributed by atoms with Gasteiger partial charge in [0.2, 0.25) is 11.8 Å². The molecule has 0 aromatic heterocycles. The zero-order valence-electron chi connectivity index (χ0n) is 10.8. The summed E-state index contributed by atoms with van der Waals surface area (Å²) < 4.78 is 34.3. The van der Waals surface area contributed by atoms with E-state index in [1.165, 1.54) is 0 Å². The number of hydrogen-bond acceptors (Lipinski definition) is 6. The van der Waals surface area contributed by atoms with Gasteiger partial charge in [-0.3, -0.25) is 14.1 Å². The lowest BCUT2D eigenvalue weighted by molar-refractivity contribution is -0.128. The molecule has 0 aliphatic carbocycles. The number of hydroxylamine groups is 2. The first-order valence-electron chi connectivity index (χ1n) is 6.02. The van der Waals surface area contributed by atoms with Crippen molar-refractivity contribution in [3.8, 4) is 0 Å². The van der Waals surface area contributed by atoms with E-state index in [1.807, 2.05) is 0 Å². The van der Waals surface area contributed by atoms with Crippen molar-refractivity contribution >= 4 is 28.2 Å². The molecule has 2 bridgehead atoms. The number of nitrogens with two attached hydrogens (primary N) is 1. The molecule has 0 aromatic carbocycles. The third-order valence-corrected chi connectivity index (χ3v) is 3.59. The van der Waals surface area contributed by atoms with Crippen LogP contribution in [0.5, 0.6) is 0 Å². The van der Waals surface area contributed by atoms with Gasteiger partial charge in [0.15, 0.2) is 0 Å². The van der Waals surface area contributed by atoms with Crippen LogP contribution in [0.2, 0.25) is 0 Å². The van der Waals surface area contributed by atoms with Crippen LogP contribution in [-0.2, 0) is 24.3 Å². The lowest BCUT2D eigenvalue weighted by Crippen LogP contribution is -2.51. The van der Waals surface area contributed by atoms with E-state index in [-0.39, 0.29) is 19.5 Å². The van der Waals surface area contributed by atoms with Gasteiger partial charge in [-0.15, -0.1) is 4.28 Å². The van der Waals surface area contributed by atoms with Crippen LogP contribution in [0, 0.1) is 0 Å². The lowest BCUT2D eigenvalue weighted by Gasteiger charge is -2.29. The number of nitrogens with one attached hydrogen (secondary N) is 1. The number of carbonyl (C=O) groups excluding carboxylic acids is 3. The number of rotatable bonds is 5. The van der Waals surface area contributed by atoms with Crippen molar-refractivity contribution in [3.05, 3.63) is 0 Å². The van der Waals surface area contributed by atoms with Crippen LogP contribution in [-0.4, -0.2) is 66.0 Å². The Kier molecular flexibility index (Phi) is 4.02. The number of carbonyl (C=O) groups is 3. The number of nitrogens with zero attached hydrogens (tertiary/aromatic N) is 2. The van der Waals surface area contributed by atoms with Gasteiger partial charge in [-0.1, -0.05) is 0 Å². The summed E-state index contributed by atoms with van der Waals surface area (Å²) in [7, 11) is -4.82. The number of fused-ring (bicyclic) bond motifs is 2. The van der Waals surface area contributed by atoms with Gasteiger partial charge in [0, 0.05) is 6.54 Å². The fraction of sp³-hybridized carbons (Fsp3) is 0.667. The Bertz CT molecular complexity index is 577. The largest absolute Gasteiger partial charge is 0.418 e. The average Bonchev–Trinajstić information content (AvgIpc) is 2.60. The van der Waals surface area contributed by atoms with E-state index in [0.29, 0.717) is 11.5 Å². The van der Waals surface area contributed by atoms with Crippen LogP contribution in [0.1, 0.15) is 12.8 Å². The number of primary amides is 1. The highest BCUT2D eigenvalue weighted by molar-refractivity contribution is 7.80. The summed E-state index contributed by atoms with van der Waals surface area (Å²) in [6, 6.07) is -2.25. The molecular weight excluding hydrogens is 308 g/mol. The van der Waals surface area contributed by atoms with Crippen molar-refractivity contribution in [1.29, 1.82) is 0 Å². The van der Waals surface area contributed by atoms with Gasteiger partial charge >= 0.3 is 16.4 Å². The molecule has 2 atom stereocenters. The van der Waals surface area contributed by atoms with Gasteiger partial charge < -0.3 is 16.0 Å². The standard InChI is InChI=1S/C9H14N4O7S/c10-7(14)3-11-8(15)6-2-1-5-4-12(6)9(16)13(5)20-21(17,18)19/h5-6H,1-4H2,(H2,10,14)(H,11,15)(H,17,18,19)/t5-,6+/m1/s1. The zero-order chi connectivity index (χ0) is 15.8. The van der Waals surface area contributed by atoms with E-state index in [0.717, 1.165) is 4.90 Å². The normalized spacial score (nSPS) is 25.1. The molecule has 2 heterocycles. The molecule has 2 fully saturated rings. The molecule has 0 saturated carbocycles. The lowest BCUT2D eigenvalue weighted by atomic mass is 10.0. The first-order valence-corrected chi connectivity index (χ1v) is 7.38. The summed E-state index contributed by atoms with van der Waals surface area (Å²) in [6.45, 7) is -0.269. The van der Waals surface area contributed by atoms with Crippen LogP contribution in [0.4, 0.5) is 4.79 Å². The zero-order valence-corrected chi connectivity index (χ0v) is 11.6. The van der Waals surface area contributed by atoms with Crippen LogP contribution >= 0.6 is 0 Å². The SMILES string of the molecule is NC(=O)CNC(=O)[C@@H]1CC[C@@H]2CN1C(=O)N2OS(=O)(=O)O. The minimum absolute atomic E-state index is 0.0863. The molecule has 2 saturated heterocycles. The van der Waals surface area contributed by atoms with Gasteiger partial charge in [-0.05, 0) is 12.8 Å². The molecule has 2 aliphatic rings. The number of hydrogen-bond donors (Lipinski definition) is 3. The fourth-order valence-corrected chi connectivity index (χ4v) is 2.78. The molecule has 0 spiro atoms. The second-order valence-electron chi connectivity index (χ2n) is 4.69. The van der Waals surface area contributed by atoms with Gasteiger partial charge in [-0.25, -0.2) is 4.79 Å². The van der Waals surface area contributed by atoms with Crippen LogP contribution < -0.4 is 11.1 Å². The molecule has 0 unspecified atom stereocenters. The highest BCUT2D eigenvalue weighted by atomic mass is 32.3. The average molecular weight is 322 g/mol. The smallest absolute Gasteiger partial charge is 0.368 e. The Morgan fingerprint density at radius 2 is 2.10 bits per heavy atom. The fourth-order valence-electron chi connectivity index (χ4n) is 2.40. The topological polar surface area (TPSA) is 159 Å². The van der Waals surface area contributed by atoms with E-state index in [2.05, 4.69) is 9.60 Å². The summed E-state index contributed by atoms with van der Waals surface area (Å²) in [6.07, 6.45) is 0.582. The first kappa shape index (κ1) is 15.5. The van der Waals surface area contributed by atoms with Gasteiger partial charge in [0.1, 0.15) is 6.04 Å². The van der Waals surface area contributed by atoms with Crippen molar-refractivity contribution in [2.24, 2.45) is 5.73 Å². The quantitative estimate of drug-likeness (QED) is 0.475. The maximum atomic E-state index is 12.0. The minimum atomic E-state index is -4.82. The summed E-state index contributed by atoms with van der Waals surface area (Å²) in [5, 5.41) is 2.82. The van der Waals surface area contributed by atoms with Crippen molar-refractivity contribution in [2.45, 2.75) is 24.9 Å². The predicted octanol–water partition coefficient (Wildman–Crippen LogP) is -2.41. The number of piperidine rings is 1. The van der Waals surface area contributed by atoms with E-state index >= 15 is 0 Å². The Morgan fingerprint density at radius 1 is 1.43 bits per heavy atom. The van der Waals surface area contributed by atoms with E-state index in [1.54, 1.807) is 0 Å². The number of urea groups is 1. The van der Waals surface area contributed by atoms with E-state index in [4.69, 9.17) is 10.3 Å². The van der Waals surface area contributed by atoms with Crippen LogP contribution in [0.3, 0.4) is 0 Å². The summed E-state index contributed by atoms with van der Waals surface area (Å²) >= 11 is 0. The molecule has 21 heavy (non-hydrogen) atoms. The Hall–Kier alpha value is -1.92. The molecule has 0 aromatic rings. The third-order valence-electron chi connectivity index (χ3n) is 3.24. The highest BCUT2D eigenvalue weighted by Crippen LogP contribution is 2.30. The van der Waals surface area contributed by atoms with Gasteiger partial charge in [0.25, 0.3) is 0 Å². The van der Waals surface area contributed by atoms with Crippen LogP contribution in [0.25, 0.3) is 0 Å². The predicted molar refractivity (Wildman–Crippen MR) is 65.6 cm³/mol. The van der Waals surface area contributed by atoms with Crippen molar-refractivity contribution in [2.75, 3.05) is 13.1 Å². The molecular formula is C9H14N4O7S. The molecule has 2 rings (SSSR count). The Labute approximate surface area is 119 Å². The molecule has 11 nitrogen and oxygen atoms in total. The molecule has 12 heteroatoms. The molecule has 4 N–H and O–H groups in total. The Balaban J connectivity index is 2.06. The van der Waals surface area contributed by atoms with E-state index < -0.39 is 40.3 Å². The molecule has 4 amide bonds. The molecule has 2 aliphatic heterocycles. The monoisotopic (exact) mass is 322 g/mol. The summed E-state index contributed by atoms with van der Waals surface area (Å²) in [5.74, 6) is -1.28. The minimum Gasteiger partial charge on any atom is -0.368 e. The van der Waals surface area contributed by atoms with Crippen molar-refractivity contribution in [3.63, 3.8) is 0 Å². The van der Waals surface area contributed by atoms with Crippen molar-refractivity contribution < 1.29 is 31.6 Å². The van der Waals surface area contributed by atoms with Crippen LogP contribution in [0.15, 0.2) is 0 Å². The maximum absolute atomic E-state index is 12.0. The summed E-state index contributed by atoms with van der Waals surface area (Å²) in [5.41, 5.74) is 4.91. The Morgan fingerprint density at radius 3 is 2.67 bits per heavy atom. The third kappa shape index (κ3) is 3.40. The maximum Gasteiger partial charge on any atom is 0.418 e. The van der Waals surface area contributed by atoms with Gasteiger partial charge in [0.05, 0.1) is 12.6 Å². The summed E-state index contributed by atoms with van der Waals surface area (Å²) in [4.78, 5) is 35.6. The van der Waals surface area contributed by atoms with Gasteiger partial charge in [-0.2, -0.15) is 13.5 Å². The second kappa shape index (κ2) is 5.46. The van der Waals surface area contributed by atoms with Crippen molar-refractivity contribution in [1.82, 2.24) is 15.3 Å². The molecule has 118 valence electrons. The van der Waals surface area contributed by atoms with E-state index in [9.17, 15) is 22.8 Å². The highest BCUT2D eigenvalue weighted by Gasteiger charge is 2.49. The molecule has 0 radical (unpaired) electrons.